The van der Waals surface area contributed by atoms with Gasteiger partial charge in [-0.3, -0.25) is 4.57 Å². The summed E-state index contributed by atoms with van der Waals surface area (Å²) in [5, 5.41) is 3.39. The number of benzene rings is 1. The molecule has 0 saturated heterocycles. The Kier molecular flexibility index (Phi) is 4.85. The first-order chi connectivity index (χ1) is 10.0. The molecule has 0 atom stereocenters. The number of rotatable bonds is 6. The van der Waals surface area contributed by atoms with Crippen molar-refractivity contribution in [1.82, 2.24) is 14.5 Å². The summed E-state index contributed by atoms with van der Waals surface area (Å²) in [6, 6.07) is 6.53. The molecule has 0 aliphatic heterocycles. The third-order valence-electron chi connectivity index (χ3n) is 3.42. The SMILES string of the molecule is COc1ccc(CNC(C)C)cc1Cn1ccn(C)c1=O. The molecule has 1 heterocycles. The smallest absolute Gasteiger partial charge is 0.328 e. The molecule has 1 aromatic heterocycles. The lowest BCUT2D eigenvalue weighted by atomic mass is 10.1. The van der Waals surface area contributed by atoms with Gasteiger partial charge in [-0.25, -0.2) is 4.79 Å². The Bertz CT molecular complexity index is 656. The van der Waals surface area contributed by atoms with E-state index in [1.807, 2.05) is 12.1 Å². The molecule has 2 aromatic rings. The van der Waals surface area contributed by atoms with E-state index >= 15 is 0 Å². The van der Waals surface area contributed by atoms with Gasteiger partial charge in [0.1, 0.15) is 5.75 Å². The van der Waals surface area contributed by atoms with Gasteiger partial charge in [-0.1, -0.05) is 19.9 Å². The molecule has 114 valence electrons. The molecule has 1 aromatic carbocycles. The van der Waals surface area contributed by atoms with E-state index in [1.54, 1.807) is 35.7 Å². The number of aryl methyl sites for hydroxylation is 1. The zero-order chi connectivity index (χ0) is 15.4. The summed E-state index contributed by atoms with van der Waals surface area (Å²) in [6.07, 6.45) is 3.56. The molecule has 0 spiro atoms. The van der Waals surface area contributed by atoms with Crippen molar-refractivity contribution in [2.45, 2.75) is 33.0 Å². The first-order valence-electron chi connectivity index (χ1n) is 7.12. The number of nitrogens with one attached hydrogen (secondary N) is 1. The Hall–Kier alpha value is -2.01. The Morgan fingerprint density at radius 2 is 2.05 bits per heavy atom. The highest BCUT2D eigenvalue weighted by Crippen LogP contribution is 2.20. The predicted octanol–water partition coefficient (Wildman–Crippen LogP) is 1.74. The highest BCUT2D eigenvalue weighted by Gasteiger charge is 2.08. The van der Waals surface area contributed by atoms with Crippen LogP contribution in [0.3, 0.4) is 0 Å². The number of nitrogens with zero attached hydrogens (tertiary/aromatic N) is 2. The zero-order valence-electron chi connectivity index (χ0n) is 13.1. The van der Waals surface area contributed by atoms with Gasteiger partial charge in [-0.15, -0.1) is 0 Å². The third kappa shape index (κ3) is 3.76. The van der Waals surface area contributed by atoms with Gasteiger partial charge in [-0.2, -0.15) is 0 Å². The molecule has 5 nitrogen and oxygen atoms in total. The van der Waals surface area contributed by atoms with E-state index in [0.29, 0.717) is 12.6 Å². The second-order valence-electron chi connectivity index (χ2n) is 5.50. The molecule has 0 bridgehead atoms. The van der Waals surface area contributed by atoms with Crippen molar-refractivity contribution in [3.05, 3.63) is 52.2 Å². The number of hydrogen-bond acceptors (Lipinski definition) is 3. The summed E-state index contributed by atoms with van der Waals surface area (Å²) in [5.74, 6) is 0.805. The van der Waals surface area contributed by atoms with Gasteiger partial charge in [0.2, 0.25) is 0 Å². The highest BCUT2D eigenvalue weighted by molar-refractivity contribution is 5.37. The average Bonchev–Trinajstić information content (AvgIpc) is 2.77. The van der Waals surface area contributed by atoms with Crippen LogP contribution in [0.1, 0.15) is 25.0 Å². The number of aromatic nitrogens is 2. The van der Waals surface area contributed by atoms with Gasteiger partial charge in [0.15, 0.2) is 0 Å². The Labute approximate surface area is 125 Å². The van der Waals surface area contributed by atoms with Gasteiger partial charge in [-0.05, 0) is 17.7 Å². The molecule has 0 unspecified atom stereocenters. The summed E-state index contributed by atoms with van der Waals surface area (Å²) in [6.45, 7) is 5.55. The second-order valence-corrected chi connectivity index (χ2v) is 5.50. The fraction of sp³-hybridized carbons (Fsp3) is 0.438. The monoisotopic (exact) mass is 289 g/mol. The lowest BCUT2D eigenvalue weighted by molar-refractivity contribution is 0.407. The molecule has 0 aliphatic carbocycles. The molecule has 5 heteroatoms. The van der Waals surface area contributed by atoms with Crippen molar-refractivity contribution in [2.75, 3.05) is 7.11 Å². The average molecular weight is 289 g/mol. The number of ether oxygens (including phenoxy) is 1. The minimum absolute atomic E-state index is 0.0252. The van der Waals surface area contributed by atoms with Crippen LogP contribution in [0, 0.1) is 0 Å². The molecular formula is C16H23N3O2. The van der Waals surface area contributed by atoms with E-state index in [4.69, 9.17) is 4.74 Å². The van der Waals surface area contributed by atoms with Crippen LogP contribution in [0.25, 0.3) is 0 Å². The maximum Gasteiger partial charge on any atom is 0.328 e. The Balaban J connectivity index is 2.25. The third-order valence-corrected chi connectivity index (χ3v) is 3.42. The standard InChI is InChI=1S/C16H23N3O2/c1-12(2)17-10-13-5-6-15(21-4)14(9-13)11-19-8-7-18(3)16(19)20/h5-9,12,17H,10-11H2,1-4H3. The molecule has 0 aliphatic rings. The molecule has 2 rings (SSSR count). The van der Waals surface area contributed by atoms with E-state index < -0.39 is 0 Å². The van der Waals surface area contributed by atoms with Crippen LogP contribution in [-0.2, 0) is 20.1 Å². The van der Waals surface area contributed by atoms with E-state index in [2.05, 4.69) is 25.2 Å². The van der Waals surface area contributed by atoms with Crippen molar-refractivity contribution in [1.29, 1.82) is 0 Å². The minimum Gasteiger partial charge on any atom is -0.496 e. The van der Waals surface area contributed by atoms with Gasteiger partial charge in [0.05, 0.1) is 13.7 Å². The van der Waals surface area contributed by atoms with Crippen LogP contribution < -0.4 is 15.7 Å². The Morgan fingerprint density at radius 1 is 1.29 bits per heavy atom. The van der Waals surface area contributed by atoms with Crippen LogP contribution >= 0.6 is 0 Å². The van der Waals surface area contributed by atoms with E-state index in [1.165, 1.54) is 5.56 Å². The summed E-state index contributed by atoms with van der Waals surface area (Å²) in [4.78, 5) is 11.9. The summed E-state index contributed by atoms with van der Waals surface area (Å²) in [7, 11) is 3.40. The van der Waals surface area contributed by atoms with Crippen LogP contribution in [-0.4, -0.2) is 22.3 Å². The van der Waals surface area contributed by atoms with Crippen molar-refractivity contribution in [2.24, 2.45) is 7.05 Å². The normalized spacial score (nSPS) is 11.1. The molecule has 0 amide bonds. The summed E-state index contributed by atoms with van der Waals surface area (Å²) in [5.41, 5.74) is 2.17. The van der Waals surface area contributed by atoms with Gasteiger partial charge in [0.25, 0.3) is 0 Å². The Morgan fingerprint density at radius 3 is 2.62 bits per heavy atom. The van der Waals surface area contributed by atoms with E-state index in [0.717, 1.165) is 17.9 Å². The lowest BCUT2D eigenvalue weighted by Crippen LogP contribution is -2.23. The van der Waals surface area contributed by atoms with E-state index in [9.17, 15) is 4.79 Å². The van der Waals surface area contributed by atoms with Crippen molar-refractivity contribution >= 4 is 0 Å². The summed E-state index contributed by atoms with van der Waals surface area (Å²) >= 11 is 0. The van der Waals surface area contributed by atoms with Crippen LogP contribution in [0.2, 0.25) is 0 Å². The molecule has 0 saturated carbocycles. The van der Waals surface area contributed by atoms with Gasteiger partial charge < -0.3 is 14.6 Å². The van der Waals surface area contributed by atoms with Crippen LogP contribution in [0.4, 0.5) is 0 Å². The highest BCUT2D eigenvalue weighted by atomic mass is 16.5. The number of hydrogen-bond donors (Lipinski definition) is 1. The minimum atomic E-state index is -0.0252. The topological polar surface area (TPSA) is 48.2 Å². The molecule has 0 radical (unpaired) electrons. The van der Waals surface area contributed by atoms with Crippen molar-refractivity contribution in [3.63, 3.8) is 0 Å². The molecule has 1 N–H and O–H groups in total. The predicted molar refractivity (Wildman–Crippen MR) is 83.7 cm³/mol. The van der Waals surface area contributed by atoms with E-state index in [-0.39, 0.29) is 5.69 Å². The molecule has 21 heavy (non-hydrogen) atoms. The summed E-state index contributed by atoms with van der Waals surface area (Å²) < 4.78 is 8.65. The fourth-order valence-corrected chi connectivity index (χ4v) is 2.20. The first kappa shape index (κ1) is 15.4. The molecule has 0 fully saturated rings. The maximum absolute atomic E-state index is 11.9. The number of methoxy groups -OCH3 is 1. The fourth-order valence-electron chi connectivity index (χ4n) is 2.20. The maximum atomic E-state index is 11.9. The quantitative estimate of drug-likeness (QED) is 0.881. The van der Waals surface area contributed by atoms with Gasteiger partial charge >= 0.3 is 5.69 Å². The first-order valence-corrected chi connectivity index (χ1v) is 7.12. The van der Waals surface area contributed by atoms with Gasteiger partial charge in [0, 0.05) is 37.6 Å². The van der Waals surface area contributed by atoms with Crippen molar-refractivity contribution in [3.8, 4) is 5.75 Å². The second kappa shape index (κ2) is 6.63. The zero-order valence-corrected chi connectivity index (χ0v) is 13.1. The number of imidazole rings is 1. The lowest BCUT2D eigenvalue weighted by Gasteiger charge is -2.13. The van der Waals surface area contributed by atoms with Crippen LogP contribution in [0.5, 0.6) is 5.75 Å². The van der Waals surface area contributed by atoms with Crippen LogP contribution in [0.15, 0.2) is 35.4 Å². The largest absolute Gasteiger partial charge is 0.496 e. The molecular weight excluding hydrogens is 266 g/mol. The van der Waals surface area contributed by atoms with Crippen molar-refractivity contribution < 1.29 is 4.74 Å².